The molecule has 20 heavy (non-hydrogen) atoms. The summed E-state index contributed by atoms with van der Waals surface area (Å²) in [6.45, 7) is 3.72. The molecule has 0 aromatic heterocycles. The maximum absolute atomic E-state index is 12.2. The van der Waals surface area contributed by atoms with Crippen LogP contribution in [0.2, 0.25) is 0 Å². The monoisotopic (exact) mass is 267 g/mol. The van der Waals surface area contributed by atoms with Gasteiger partial charge < -0.3 is 10.1 Å². The molecule has 2 aromatic carbocycles. The van der Waals surface area contributed by atoms with Gasteiger partial charge in [-0.2, -0.15) is 0 Å². The van der Waals surface area contributed by atoms with Crippen molar-refractivity contribution in [2.75, 3.05) is 5.32 Å². The van der Waals surface area contributed by atoms with E-state index in [0.717, 1.165) is 23.4 Å². The summed E-state index contributed by atoms with van der Waals surface area (Å²) in [5.41, 5.74) is 4.95. The predicted molar refractivity (Wildman–Crippen MR) is 79.5 cm³/mol. The second kappa shape index (κ2) is 5.00. The normalized spacial score (nSPS) is 12.3. The van der Waals surface area contributed by atoms with Gasteiger partial charge in [0.05, 0.1) is 11.7 Å². The molecule has 1 aliphatic rings. The predicted octanol–water partition coefficient (Wildman–Crippen LogP) is 3.90. The van der Waals surface area contributed by atoms with Crippen molar-refractivity contribution in [1.29, 1.82) is 0 Å². The van der Waals surface area contributed by atoms with Crippen molar-refractivity contribution >= 4 is 17.3 Å². The lowest BCUT2D eigenvalue weighted by Gasteiger charge is -2.23. The van der Waals surface area contributed by atoms with E-state index in [2.05, 4.69) is 17.4 Å². The Morgan fingerprint density at radius 2 is 1.85 bits per heavy atom. The van der Waals surface area contributed by atoms with E-state index in [-0.39, 0.29) is 12.1 Å². The molecule has 0 amide bonds. The first kappa shape index (κ1) is 12.7. The van der Waals surface area contributed by atoms with Gasteiger partial charge in [0, 0.05) is 17.8 Å². The lowest BCUT2D eigenvalue weighted by atomic mass is 9.93. The van der Waals surface area contributed by atoms with Gasteiger partial charge in [-0.1, -0.05) is 24.3 Å². The molecule has 1 N–H and O–H groups in total. The minimum atomic E-state index is -0.252. The molecule has 0 fully saturated rings. The van der Waals surface area contributed by atoms with Gasteiger partial charge in [-0.05, 0) is 43.2 Å². The SMILES string of the molecule is CC(C)OC(=O)c1cccc2c1Cc1ccccc1N2. The number of fused-ring (bicyclic) bond motifs is 2. The van der Waals surface area contributed by atoms with Crippen LogP contribution in [0.4, 0.5) is 11.4 Å². The molecule has 1 aliphatic heterocycles. The van der Waals surface area contributed by atoms with Crippen molar-refractivity contribution < 1.29 is 9.53 Å². The molecule has 0 atom stereocenters. The van der Waals surface area contributed by atoms with E-state index in [1.165, 1.54) is 5.56 Å². The minimum absolute atomic E-state index is 0.109. The van der Waals surface area contributed by atoms with Crippen LogP contribution in [0.5, 0.6) is 0 Å². The zero-order valence-electron chi connectivity index (χ0n) is 11.6. The first-order chi connectivity index (χ1) is 9.65. The summed E-state index contributed by atoms with van der Waals surface area (Å²) in [5, 5.41) is 3.38. The number of nitrogens with one attached hydrogen (secondary N) is 1. The van der Waals surface area contributed by atoms with Gasteiger partial charge in [0.15, 0.2) is 0 Å². The van der Waals surface area contributed by atoms with Gasteiger partial charge in [0.1, 0.15) is 0 Å². The van der Waals surface area contributed by atoms with Crippen LogP contribution in [0, 0.1) is 0 Å². The van der Waals surface area contributed by atoms with Gasteiger partial charge in [-0.15, -0.1) is 0 Å². The third-order valence-corrected chi connectivity index (χ3v) is 3.39. The Bertz CT molecular complexity index is 662. The van der Waals surface area contributed by atoms with Gasteiger partial charge in [-0.25, -0.2) is 4.79 Å². The average Bonchev–Trinajstić information content (AvgIpc) is 2.43. The van der Waals surface area contributed by atoms with Crippen molar-refractivity contribution in [2.45, 2.75) is 26.4 Å². The topological polar surface area (TPSA) is 38.3 Å². The quantitative estimate of drug-likeness (QED) is 0.716. The Kier molecular flexibility index (Phi) is 3.18. The molecular formula is C17H17NO2. The fourth-order valence-electron chi connectivity index (χ4n) is 2.50. The maximum Gasteiger partial charge on any atom is 0.338 e. The van der Waals surface area contributed by atoms with Crippen LogP contribution in [0.25, 0.3) is 0 Å². The second-order valence-electron chi connectivity index (χ2n) is 5.24. The Morgan fingerprint density at radius 1 is 1.10 bits per heavy atom. The third-order valence-electron chi connectivity index (χ3n) is 3.39. The largest absolute Gasteiger partial charge is 0.459 e. The number of ether oxygens (including phenoxy) is 1. The average molecular weight is 267 g/mol. The van der Waals surface area contributed by atoms with Gasteiger partial charge in [0.2, 0.25) is 0 Å². The number of hydrogen-bond acceptors (Lipinski definition) is 3. The number of carbonyl (C=O) groups is 1. The van der Waals surface area contributed by atoms with Crippen LogP contribution in [0.1, 0.15) is 35.3 Å². The number of anilines is 2. The smallest absolute Gasteiger partial charge is 0.338 e. The molecule has 1 heterocycles. The van der Waals surface area contributed by atoms with E-state index in [4.69, 9.17) is 4.74 Å². The summed E-state index contributed by atoms with van der Waals surface area (Å²) < 4.78 is 5.32. The van der Waals surface area contributed by atoms with Crippen LogP contribution in [-0.2, 0) is 11.2 Å². The molecule has 3 heteroatoms. The Hall–Kier alpha value is -2.29. The summed E-state index contributed by atoms with van der Waals surface area (Å²) in [7, 11) is 0. The number of esters is 1. The van der Waals surface area contributed by atoms with Crippen molar-refractivity contribution in [2.24, 2.45) is 0 Å². The number of carbonyl (C=O) groups excluding carboxylic acids is 1. The minimum Gasteiger partial charge on any atom is -0.459 e. The first-order valence-corrected chi connectivity index (χ1v) is 6.83. The summed E-state index contributed by atoms with van der Waals surface area (Å²) in [4.78, 5) is 12.2. The molecule has 0 unspecified atom stereocenters. The molecule has 0 aliphatic carbocycles. The van der Waals surface area contributed by atoms with Crippen molar-refractivity contribution in [1.82, 2.24) is 0 Å². The highest BCUT2D eigenvalue weighted by molar-refractivity contribution is 5.94. The van der Waals surface area contributed by atoms with Crippen molar-refractivity contribution in [3.63, 3.8) is 0 Å². The molecule has 0 spiro atoms. The Labute approximate surface area is 118 Å². The zero-order chi connectivity index (χ0) is 14.1. The number of para-hydroxylation sites is 1. The maximum atomic E-state index is 12.2. The van der Waals surface area contributed by atoms with Crippen LogP contribution < -0.4 is 5.32 Å². The summed E-state index contributed by atoms with van der Waals surface area (Å²) in [5.74, 6) is -0.252. The fraction of sp³-hybridized carbons (Fsp3) is 0.235. The van der Waals surface area contributed by atoms with Crippen LogP contribution >= 0.6 is 0 Å². The first-order valence-electron chi connectivity index (χ1n) is 6.83. The lowest BCUT2D eigenvalue weighted by molar-refractivity contribution is 0.0377. The van der Waals surface area contributed by atoms with E-state index >= 15 is 0 Å². The van der Waals surface area contributed by atoms with E-state index in [1.54, 1.807) is 0 Å². The van der Waals surface area contributed by atoms with Crippen LogP contribution in [0.15, 0.2) is 42.5 Å². The molecule has 3 rings (SSSR count). The number of rotatable bonds is 2. The molecule has 0 bridgehead atoms. The highest BCUT2D eigenvalue weighted by Gasteiger charge is 2.21. The standard InChI is InChI=1S/C17H17NO2/c1-11(2)20-17(19)13-7-5-9-16-14(13)10-12-6-3-4-8-15(12)18-16/h3-9,11,18H,10H2,1-2H3. The van der Waals surface area contributed by atoms with E-state index in [9.17, 15) is 4.79 Å². The lowest BCUT2D eigenvalue weighted by Crippen LogP contribution is -2.16. The van der Waals surface area contributed by atoms with E-state index in [1.807, 2.05) is 44.2 Å². The molecule has 102 valence electrons. The zero-order valence-corrected chi connectivity index (χ0v) is 11.6. The van der Waals surface area contributed by atoms with E-state index in [0.29, 0.717) is 5.56 Å². The van der Waals surface area contributed by atoms with E-state index < -0.39 is 0 Å². The molecule has 2 aromatic rings. The van der Waals surface area contributed by atoms with Crippen LogP contribution in [-0.4, -0.2) is 12.1 Å². The molecule has 0 radical (unpaired) electrons. The highest BCUT2D eigenvalue weighted by atomic mass is 16.5. The molecular weight excluding hydrogens is 250 g/mol. The Morgan fingerprint density at radius 3 is 2.65 bits per heavy atom. The fourth-order valence-corrected chi connectivity index (χ4v) is 2.50. The summed E-state index contributed by atoms with van der Waals surface area (Å²) >= 11 is 0. The third kappa shape index (κ3) is 2.27. The van der Waals surface area contributed by atoms with Crippen molar-refractivity contribution in [3.8, 4) is 0 Å². The summed E-state index contributed by atoms with van der Waals surface area (Å²) in [6.07, 6.45) is 0.643. The molecule has 3 nitrogen and oxygen atoms in total. The van der Waals surface area contributed by atoms with Crippen molar-refractivity contribution in [3.05, 3.63) is 59.2 Å². The van der Waals surface area contributed by atoms with Gasteiger partial charge >= 0.3 is 5.97 Å². The van der Waals surface area contributed by atoms with Gasteiger partial charge in [0.25, 0.3) is 0 Å². The highest BCUT2D eigenvalue weighted by Crippen LogP contribution is 2.34. The second-order valence-corrected chi connectivity index (χ2v) is 5.24. The molecule has 0 saturated heterocycles. The Balaban J connectivity index is 2.00. The number of hydrogen-bond donors (Lipinski definition) is 1. The summed E-state index contributed by atoms with van der Waals surface area (Å²) in [6, 6.07) is 13.9. The van der Waals surface area contributed by atoms with Crippen LogP contribution in [0.3, 0.4) is 0 Å². The number of benzene rings is 2. The molecule has 0 saturated carbocycles. The van der Waals surface area contributed by atoms with Gasteiger partial charge in [-0.3, -0.25) is 0 Å².